The second kappa shape index (κ2) is 7.51. The van der Waals surface area contributed by atoms with Crippen LogP contribution in [0.4, 0.5) is 5.69 Å². The molecule has 0 unspecified atom stereocenters. The first kappa shape index (κ1) is 17.2. The fourth-order valence-electron chi connectivity index (χ4n) is 3.23. The predicted molar refractivity (Wildman–Crippen MR) is 99.7 cm³/mol. The second-order valence-corrected chi connectivity index (χ2v) is 6.57. The largest absolute Gasteiger partial charge is 0.340 e. The minimum absolute atomic E-state index is 0.0245. The lowest BCUT2D eigenvalue weighted by Gasteiger charge is -2.28. The summed E-state index contributed by atoms with van der Waals surface area (Å²) in [6, 6.07) is 16.5. The van der Waals surface area contributed by atoms with Gasteiger partial charge in [0.2, 0.25) is 5.91 Å². The van der Waals surface area contributed by atoms with Crippen molar-refractivity contribution in [3.63, 3.8) is 0 Å². The van der Waals surface area contributed by atoms with Crippen LogP contribution in [0.5, 0.6) is 0 Å². The zero-order valence-electron chi connectivity index (χ0n) is 14.7. The number of hydrogen-bond donors (Lipinski definition) is 1. The smallest absolute Gasteiger partial charge is 0.251 e. The van der Waals surface area contributed by atoms with Crippen LogP contribution in [0, 0.1) is 5.92 Å². The lowest BCUT2D eigenvalue weighted by molar-refractivity contribution is -0.121. The summed E-state index contributed by atoms with van der Waals surface area (Å²) in [7, 11) is 0. The Balaban J connectivity index is 1.82. The van der Waals surface area contributed by atoms with Gasteiger partial charge in [0.15, 0.2) is 0 Å². The lowest BCUT2D eigenvalue weighted by atomic mass is 9.97. The van der Waals surface area contributed by atoms with E-state index in [9.17, 15) is 9.59 Å². The highest BCUT2D eigenvalue weighted by atomic mass is 16.2. The molecular formula is C21H24N2O2. The maximum Gasteiger partial charge on any atom is 0.251 e. The molecule has 130 valence electrons. The van der Waals surface area contributed by atoms with E-state index >= 15 is 0 Å². The van der Waals surface area contributed by atoms with Crippen LogP contribution in [-0.2, 0) is 11.2 Å². The zero-order valence-corrected chi connectivity index (χ0v) is 14.7. The van der Waals surface area contributed by atoms with Gasteiger partial charge in [0.05, 0.1) is 0 Å². The van der Waals surface area contributed by atoms with Gasteiger partial charge in [0.1, 0.15) is 6.04 Å². The number of carbonyl (C=O) groups excluding carboxylic acids is 2. The highest BCUT2D eigenvalue weighted by Gasteiger charge is 2.33. The quantitative estimate of drug-likeness (QED) is 0.909. The van der Waals surface area contributed by atoms with Crippen LogP contribution >= 0.6 is 0 Å². The molecule has 1 N–H and O–H groups in total. The van der Waals surface area contributed by atoms with Gasteiger partial charge in [-0.2, -0.15) is 0 Å². The van der Waals surface area contributed by atoms with Crippen molar-refractivity contribution in [1.82, 2.24) is 5.32 Å². The van der Waals surface area contributed by atoms with Crippen LogP contribution in [0.15, 0.2) is 54.6 Å². The number of amides is 2. The Morgan fingerprint density at radius 3 is 2.48 bits per heavy atom. The first-order valence-corrected chi connectivity index (χ1v) is 8.87. The van der Waals surface area contributed by atoms with Gasteiger partial charge in [-0.25, -0.2) is 0 Å². The molecule has 0 aromatic heterocycles. The Kier molecular flexibility index (Phi) is 5.17. The van der Waals surface area contributed by atoms with Gasteiger partial charge in [-0.3, -0.25) is 9.59 Å². The molecule has 3 rings (SSSR count). The van der Waals surface area contributed by atoms with Gasteiger partial charge in [-0.1, -0.05) is 56.7 Å². The van der Waals surface area contributed by atoms with Gasteiger partial charge in [-0.05, 0) is 36.1 Å². The number of anilines is 1. The highest BCUT2D eigenvalue weighted by molar-refractivity contribution is 6.03. The molecule has 0 saturated carbocycles. The maximum absolute atomic E-state index is 13.2. The molecule has 1 heterocycles. The van der Waals surface area contributed by atoms with Gasteiger partial charge in [0.25, 0.3) is 5.91 Å². The lowest BCUT2D eigenvalue weighted by Crippen LogP contribution is -2.51. The van der Waals surface area contributed by atoms with Crippen LogP contribution in [-0.4, -0.2) is 24.4 Å². The number of hydrogen-bond acceptors (Lipinski definition) is 2. The summed E-state index contributed by atoms with van der Waals surface area (Å²) in [6.07, 6.45) is 1.68. The third kappa shape index (κ3) is 3.58. The first-order chi connectivity index (χ1) is 12.1. The highest BCUT2D eigenvalue weighted by Crippen LogP contribution is 2.29. The molecule has 0 bridgehead atoms. The summed E-state index contributed by atoms with van der Waals surface area (Å²) < 4.78 is 0. The molecule has 2 aromatic carbocycles. The Hall–Kier alpha value is -2.62. The Morgan fingerprint density at radius 1 is 1.08 bits per heavy atom. The SMILES string of the molecule is CC[C@H](C)[C@H](NC(=O)c1ccccc1)C(=O)N1CCc2ccccc21. The van der Waals surface area contributed by atoms with E-state index in [0.717, 1.165) is 18.5 Å². The third-order valence-electron chi connectivity index (χ3n) is 4.95. The molecule has 0 spiro atoms. The molecule has 4 heteroatoms. The van der Waals surface area contributed by atoms with Crippen molar-refractivity contribution in [2.75, 3.05) is 11.4 Å². The van der Waals surface area contributed by atoms with E-state index in [4.69, 9.17) is 0 Å². The summed E-state index contributed by atoms with van der Waals surface area (Å²) in [4.78, 5) is 27.6. The van der Waals surface area contributed by atoms with Crippen molar-refractivity contribution in [1.29, 1.82) is 0 Å². The summed E-state index contributed by atoms with van der Waals surface area (Å²) >= 11 is 0. The van der Waals surface area contributed by atoms with Crippen molar-refractivity contribution >= 4 is 17.5 Å². The average molecular weight is 336 g/mol. The van der Waals surface area contributed by atoms with Crippen LogP contribution < -0.4 is 10.2 Å². The van der Waals surface area contributed by atoms with E-state index in [1.165, 1.54) is 5.56 Å². The molecule has 2 atom stereocenters. The van der Waals surface area contributed by atoms with Crippen molar-refractivity contribution in [2.45, 2.75) is 32.7 Å². The average Bonchev–Trinajstić information content (AvgIpc) is 3.09. The number of benzene rings is 2. The molecule has 1 aliphatic rings. The van der Waals surface area contributed by atoms with E-state index in [0.29, 0.717) is 12.1 Å². The summed E-state index contributed by atoms with van der Waals surface area (Å²) in [5.74, 6) is -0.164. The zero-order chi connectivity index (χ0) is 17.8. The van der Waals surface area contributed by atoms with Crippen molar-refractivity contribution < 1.29 is 9.59 Å². The number of fused-ring (bicyclic) bond motifs is 1. The molecule has 0 radical (unpaired) electrons. The van der Waals surface area contributed by atoms with E-state index in [1.54, 1.807) is 12.1 Å². The van der Waals surface area contributed by atoms with Crippen LogP contribution in [0.1, 0.15) is 36.2 Å². The second-order valence-electron chi connectivity index (χ2n) is 6.57. The van der Waals surface area contributed by atoms with E-state index in [-0.39, 0.29) is 17.7 Å². The van der Waals surface area contributed by atoms with Gasteiger partial charge >= 0.3 is 0 Å². The van der Waals surface area contributed by atoms with Crippen LogP contribution in [0.3, 0.4) is 0 Å². The normalized spacial score (nSPS) is 15.4. The Labute approximate surface area is 148 Å². The fraction of sp³-hybridized carbons (Fsp3) is 0.333. The minimum Gasteiger partial charge on any atom is -0.340 e. The van der Waals surface area contributed by atoms with Gasteiger partial charge < -0.3 is 10.2 Å². The maximum atomic E-state index is 13.2. The summed E-state index contributed by atoms with van der Waals surface area (Å²) in [5.41, 5.74) is 2.73. The van der Waals surface area contributed by atoms with Crippen molar-refractivity contribution in [3.05, 3.63) is 65.7 Å². The molecule has 0 aliphatic carbocycles. The molecule has 2 amide bonds. The third-order valence-corrected chi connectivity index (χ3v) is 4.95. The molecule has 2 aromatic rings. The van der Waals surface area contributed by atoms with Crippen molar-refractivity contribution in [2.24, 2.45) is 5.92 Å². The van der Waals surface area contributed by atoms with Crippen LogP contribution in [0.25, 0.3) is 0 Å². The first-order valence-electron chi connectivity index (χ1n) is 8.87. The molecule has 0 saturated heterocycles. The van der Waals surface area contributed by atoms with E-state index in [2.05, 4.69) is 11.4 Å². The number of nitrogens with zero attached hydrogens (tertiary/aromatic N) is 1. The summed E-state index contributed by atoms with van der Waals surface area (Å²) in [6.45, 7) is 4.72. The molecular weight excluding hydrogens is 312 g/mol. The Bertz CT molecular complexity index is 758. The molecule has 1 aliphatic heterocycles. The number of nitrogens with one attached hydrogen (secondary N) is 1. The van der Waals surface area contributed by atoms with Gasteiger partial charge in [-0.15, -0.1) is 0 Å². The number of carbonyl (C=O) groups is 2. The summed E-state index contributed by atoms with van der Waals surface area (Å²) in [5, 5.41) is 2.96. The van der Waals surface area contributed by atoms with E-state index < -0.39 is 6.04 Å². The molecule has 25 heavy (non-hydrogen) atoms. The van der Waals surface area contributed by atoms with Crippen molar-refractivity contribution in [3.8, 4) is 0 Å². The van der Waals surface area contributed by atoms with Crippen LogP contribution in [0.2, 0.25) is 0 Å². The predicted octanol–water partition coefficient (Wildman–Crippen LogP) is 3.42. The molecule has 4 nitrogen and oxygen atoms in total. The molecule has 0 fully saturated rings. The topological polar surface area (TPSA) is 49.4 Å². The van der Waals surface area contributed by atoms with Gasteiger partial charge in [0, 0.05) is 17.8 Å². The number of para-hydroxylation sites is 1. The monoisotopic (exact) mass is 336 g/mol. The Morgan fingerprint density at radius 2 is 1.76 bits per heavy atom. The van der Waals surface area contributed by atoms with E-state index in [1.807, 2.05) is 55.1 Å². The number of rotatable bonds is 5. The fourth-order valence-corrected chi connectivity index (χ4v) is 3.23. The standard InChI is InChI=1S/C21H24N2O2/c1-3-15(2)19(22-20(24)17-10-5-4-6-11-17)21(25)23-14-13-16-9-7-8-12-18(16)23/h4-12,15,19H,3,13-14H2,1-2H3,(H,22,24)/t15-,19-/m0/s1. The minimum atomic E-state index is -0.524.